The van der Waals surface area contributed by atoms with Gasteiger partial charge in [-0.1, -0.05) is 19.1 Å². The minimum Gasteiger partial charge on any atom is -0.385 e. The second-order valence-corrected chi connectivity index (χ2v) is 5.02. The van der Waals surface area contributed by atoms with Gasteiger partial charge in [-0.25, -0.2) is 4.98 Å². The molecular weight excluding hydrogens is 260 g/mol. The van der Waals surface area contributed by atoms with E-state index in [0.717, 1.165) is 42.2 Å². The molecule has 0 saturated heterocycles. The first-order valence-electron chi connectivity index (χ1n) is 7.44. The highest BCUT2D eigenvalue weighted by Gasteiger charge is 2.09. The summed E-state index contributed by atoms with van der Waals surface area (Å²) < 4.78 is 2.26. The van der Waals surface area contributed by atoms with Gasteiger partial charge in [-0.3, -0.25) is 4.98 Å². The number of nitrogens with zero attached hydrogens (tertiary/aromatic N) is 3. The van der Waals surface area contributed by atoms with Crippen molar-refractivity contribution in [1.29, 1.82) is 0 Å². The lowest BCUT2D eigenvalue weighted by Gasteiger charge is -2.09. The zero-order chi connectivity index (χ0) is 14.7. The Bertz CT molecular complexity index is 745. The number of fused-ring (bicyclic) bond motifs is 1. The second-order valence-electron chi connectivity index (χ2n) is 5.02. The summed E-state index contributed by atoms with van der Waals surface area (Å²) in [4.78, 5) is 9.20. The molecule has 0 unspecified atom stereocenters. The smallest absolute Gasteiger partial charge is 0.109 e. The number of benzene rings is 1. The first-order valence-corrected chi connectivity index (χ1v) is 7.44. The lowest BCUT2D eigenvalue weighted by molar-refractivity contribution is 0.736. The van der Waals surface area contributed by atoms with Crippen LogP contribution in [0.5, 0.6) is 0 Å². The molecule has 0 aliphatic heterocycles. The summed E-state index contributed by atoms with van der Waals surface area (Å²) in [6.07, 6.45) is 2.78. The Kier molecular flexibility index (Phi) is 3.86. The van der Waals surface area contributed by atoms with Gasteiger partial charge in [0.1, 0.15) is 5.82 Å². The Morgan fingerprint density at radius 3 is 2.81 bits per heavy atom. The SMILES string of the molecule is CCNc1ccnc(Cn2c(CC)nc3ccccc32)c1. The van der Waals surface area contributed by atoms with Crippen molar-refractivity contribution in [1.82, 2.24) is 14.5 Å². The zero-order valence-corrected chi connectivity index (χ0v) is 12.5. The molecular formula is C17H20N4. The van der Waals surface area contributed by atoms with Crippen molar-refractivity contribution in [3.05, 3.63) is 54.1 Å². The molecule has 1 aromatic carbocycles. The molecule has 0 aliphatic rings. The molecule has 0 fully saturated rings. The van der Waals surface area contributed by atoms with E-state index >= 15 is 0 Å². The summed E-state index contributed by atoms with van der Waals surface area (Å²) in [7, 11) is 0. The van der Waals surface area contributed by atoms with Crippen molar-refractivity contribution in [3.63, 3.8) is 0 Å². The number of hydrogen-bond donors (Lipinski definition) is 1. The lowest BCUT2D eigenvalue weighted by atomic mass is 10.3. The predicted molar refractivity (Wildman–Crippen MR) is 86.6 cm³/mol. The maximum Gasteiger partial charge on any atom is 0.109 e. The van der Waals surface area contributed by atoms with Crippen LogP contribution < -0.4 is 5.32 Å². The van der Waals surface area contributed by atoms with E-state index in [2.05, 4.69) is 53.0 Å². The number of rotatable bonds is 5. The molecule has 0 radical (unpaired) electrons. The Balaban J connectivity index is 1.99. The van der Waals surface area contributed by atoms with Crippen LogP contribution in [0.15, 0.2) is 42.6 Å². The molecule has 2 heterocycles. The molecule has 4 heteroatoms. The molecule has 0 saturated carbocycles. The standard InChI is InChI=1S/C17H20N4/c1-3-17-20-15-7-5-6-8-16(15)21(17)12-14-11-13(18-4-2)9-10-19-14/h5-11H,3-4,12H2,1-2H3,(H,18,19). The Morgan fingerprint density at radius 1 is 1.14 bits per heavy atom. The molecule has 0 spiro atoms. The summed E-state index contributed by atoms with van der Waals surface area (Å²) in [6, 6.07) is 12.4. The maximum atomic E-state index is 4.71. The van der Waals surface area contributed by atoms with Gasteiger partial charge in [0.15, 0.2) is 0 Å². The first kappa shape index (κ1) is 13.6. The van der Waals surface area contributed by atoms with Crippen LogP contribution in [-0.2, 0) is 13.0 Å². The fourth-order valence-corrected chi connectivity index (χ4v) is 2.61. The average Bonchev–Trinajstić information content (AvgIpc) is 2.86. The van der Waals surface area contributed by atoms with Crippen molar-refractivity contribution in [2.45, 2.75) is 26.8 Å². The van der Waals surface area contributed by atoms with E-state index in [-0.39, 0.29) is 0 Å². The molecule has 3 aromatic rings. The largest absolute Gasteiger partial charge is 0.385 e. The third-order valence-electron chi connectivity index (χ3n) is 3.57. The Hall–Kier alpha value is -2.36. The molecule has 108 valence electrons. The predicted octanol–water partition coefficient (Wildman–Crippen LogP) is 3.47. The van der Waals surface area contributed by atoms with Crippen molar-refractivity contribution in [3.8, 4) is 0 Å². The lowest BCUT2D eigenvalue weighted by Crippen LogP contribution is -2.06. The third-order valence-corrected chi connectivity index (χ3v) is 3.57. The number of pyridine rings is 1. The molecule has 0 atom stereocenters. The van der Waals surface area contributed by atoms with Gasteiger partial charge in [0.05, 0.1) is 23.3 Å². The number of hydrogen-bond acceptors (Lipinski definition) is 3. The average molecular weight is 280 g/mol. The van der Waals surface area contributed by atoms with Crippen molar-refractivity contribution in [2.75, 3.05) is 11.9 Å². The summed E-state index contributed by atoms with van der Waals surface area (Å²) >= 11 is 0. The fourth-order valence-electron chi connectivity index (χ4n) is 2.61. The molecule has 1 N–H and O–H groups in total. The van der Waals surface area contributed by atoms with Crippen LogP contribution in [-0.4, -0.2) is 21.1 Å². The number of aromatic nitrogens is 3. The summed E-state index contributed by atoms with van der Waals surface area (Å²) in [5.74, 6) is 1.10. The maximum absolute atomic E-state index is 4.71. The van der Waals surface area contributed by atoms with E-state index in [4.69, 9.17) is 4.98 Å². The van der Waals surface area contributed by atoms with Gasteiger partial charge in [-0.05, 0) is 31.2 Å². The molecule has 3 rings (SSSR count). The second kappa shape index (κ2) is 5.95. The van der Waals surface area contributed by atoms with Gasteiger partial charge < -0.3 is 9.88 Å². The van der Waals surface area contributed by atoms with E-state index in [9.17, 15) is 0 Å². The number of aryl methyl sites for hydroxylation is 1. The van der Waals surface area contributed by atoms with Crippen LogP contribution in [0.3, 0.4) is 0 Å². The van der Waals surface area contributed by atoms with Crippen LogP contribution in [0.2, 0.25) is 0 Å². The number of imidazole rings is 1. The minimum atomic E-state index is 0.753. The van der Waals surface area contributed by atoms with Gasteiger partial charge in [0, 0.05) is 24.8 Å². The molecule has 0 aliphatic carbocycles. The number of nitrogens with one attached hydrogen (secondary N) is 1. The van der Waals surface area contributed by atoms with Crippen LogP contribution in [0, 0.1) is 0 Å². The van der Waals surface area contributed by atoms with Gasteiger partial charge in [-0.15, -0.1) is 0 Å². The third kappa shape index (κ3) is 2.75. The van der Waals surface area contributed by atoms with Crippen LogP contribution in [0.1, 0.15) is 25.4 Å². The highest BCUT2D eigenvalue weighted by atomic mass is 15.1. The topological polar surface area (TPSA) is 42.7 Å². The molecule has 21 heavy (non-hydrogen) atoms. The quantitative estimate of drug-likeness (QED) is 0.778. The summed E-state index contributed by atoms with van der Waals surface area (Å²) in [6.45, 7) is 5.90. The van der Waals surface area contributed by atoms with Crippen LogP contribution in [0.25, 0.3) is 11.0 Å². The minimum absolute atomic E-state index is 0.753. The highest BCUT2D eigenvalue weighted by Crippen LogP contribution is 2.18. The first-order chi connectivity index (χ1) is 10.3. The van der Waals surface area contributed by atoms with Crippen LogP contribution >= 0.6 is 0 Å². The number of para-hydroxylation sites is 2. The van der Waals surface area contributed by atoms with E-state index in [0.29, 0.717) is 0 Å². The van der Waals surface area contributed by atoms with Crippen molar-refractivity contribution >= 4 is 16.7 Å². The highest BCUT2D eigenvalue weighted by molar-refractivity contribution is 5.76. The van der Waals surface area contributed by atoms with Gasteiger partial charge in [-0.2, -0.15) is 0 Å². The van der Waals surface area contributed by atoms with Crippen LogP contribution in [0.4, 0.5) is 5.69 Å². The molecule has 0 amide bonds. The normalized spacial score (nSPS) is 11.0. The molecule has 0 bridgehead atoms. The monoisotopic (exact) mass is 280 g/mol. The van der Waals surface area contributed by atoms with E-state index in [1.54, 1.807) is 0 Å². The number of anilines is 1. The van der Waals surface area contributed by atoms with Gasteiger partial charge in [0.25, 0.3) is 0 Å². The van der Waals surface area contributed by atoms with Gasteiger partial charge in [0.2, 0.25) is 0 Å². The Morgan fingerprint density at radius 2 is 2.00 bits per heavy atom. The molecule has 4 nitrogen and oxygen atoms in total. The zero-order valence-electron chi connectivity index (χ0n) is 12.5. The Labute approximate surface area is 124 Å². The van der Waals surface area contributed by atoms with Crippen molar-refractivity contribution in [2.24, 2.45) is 0 Å². The van der Waals surface area contributed by atoms with E-state index in [1.807, 2.05) is 18.3 Å². The summed E-state index contributed by atoms with van der Waals surface area (Å²) in [5, 5.41) is 3.33. The summed E-state index contributed by atoms with van der Waals surface area (Å²) in [5.41, 5.74) is 4.39. The van der Waals surface area contributed by atoms with E-state index < -0.39 is 0 Å². The molecule has 2 aromatic heterocycles. The van der Waals surface area contributed by atoms with Crippen molar-refractivity contribution < 1.29 is 0 Å². The fraction of sp³-hybridized carbons (Fsp3) is 0.294. The van der Waals surface area contributed by atoms with E-state index in [1.165, 1.54) is 5.52 Å². The van der Waals surface area contributed by atoms with Gasteiger partial charge >= 0.3 is 0 Å².